The van der Waals surface area contributed by atoms with Crippen LogP contribution in [-0.2, 0) is 11.3 Å². The number of anilines is 1. The van der Waals surface area contributed by atoms with Crippen molar-refractivity contribution in [3.63, 3.8) is 0 Å². The number of rotatable bonds is 3. The average Bonchev–Trinajstić information content (AvgIpc) is 2.80. The zero-order valence-electron chi connectivity index (χ0n) is 11.8. The lowest BCUT2D eigenvalue weighted by atomic mass is 10.1. The van der Waals surface area contributed by atoms with Crippen LogP contribution in [0.2, 0.25) is 5.02 Å². The smallest absolute Gasteiger partial charge is 0.224 e. The van der Waals surface area contributed by atoms with Crippen LogP contribution in [0, 0.1) is 0 Å². The molecular weight excluding hydrogens is 290 g/mol. The minimum atomic E-state index is 0.171. The highest BCUT2D eigenvalue weighted by molar-refractivity contribution is 6.31. The third kappa shape index (κ3) is 2.95. The molecule has 1 fully saturated rings. The molecule has 0 aliphatic carbocycles. The number of piperidine rings is 1. The molecule has 1 aliphatic rings. The lowest BCUT2D eigenvalue weighted by Gasteiger charge is -2.26. The Hall–Kier alpha value is -1.82. The fourth-order valence-electron chi connectivity index (χ4n) is 2.73. The lowest BCUT2D eigenvalue weighted by molar-refractivity contribution is -0.132. The van der Waals surface area contributed by atoms with E-state index in [1.807, 2.05) is 4.90 Å². The molecule has 0 bridgehead atoms. The van der Waals surface area contributed by atoms with E-state index in [-0.39, 0.29) is 5.91 Å². The van der Waals surface area contributed by atoms with Gasteiger partial charge in [-0.05, 0) is 25.3 Å². The van der Waals surface area contributed by atoms with E-state index in [1.54, 1.807) is 16.8 Å². The summed E-state index contributed by atoms with van der Waals surface area (Å²) in [5.41, 5.74) is 7.24. The van der Waals surface area contributed by atoms with E-state index in [1.165, 1.54) is 6.42 Å². The summed E-state index contributed by atoms with van der Waals surface area (Å²) in [6.07, 6.45) is 5.39. The Morgan fingerprint density at radius 2 is 2.10 bits per heavy atom. The first-order chi connectivity index (χ1) is 10.1. The predicted octanol–water partition coefficient (Wildman–Crippen LogP) is 2.07. The highest BCUT2D eigenvalue weighted by atomic mass is 35.5. The standard InChI is InChI=1S/C14H18ClN5O/c15-10-8-11-13(17-9-10)20(14(16)18-11)7-4-12(21)19-5-2-1-3-6-19/h8-9H,1-7H2,(H2,16,18). The molecule has 2 aromatic rings. The fraction of sp³-hybridized carbons (Fsp3) is 0.500. The summed E-state index contributed by atoms with van der Waals surface area (Å²) in [6, 6.07) is 1.73. The second kappa shape index (κ2) is 5.89. The van der Waals surface area contributed by atoms with Gasteiger partial charge in [-0.25, -0.2) is 9.97 Å². The van der Waals surface area contributed by atoms with Crippen molar-refractivity contribution in [1.29, 1.82) is 0 Å². The van der Waals surface area contributed by atoms with Gasteiger partial charge >= 0.3 is 0 Å². The average molecular weight is 308 g/mol. The van der Waals surface area contributed by atoms with Crippen molar-refractivity contribution < 1.29 is 4.79 Å². The number of nitrogens with two attached hydrogens (primary N) is 1. The first-order valence-corrected chi connectivity index (χ1v) is 7.58. The van der Waals surface area contributed by atoms with E-state index < -0.39 is 0 Å². The van der Waals surface area contributed by atoms with Gasteiger partial charge in [-0.3, -0.25) is 9.36 Å². The van der Waals surface area contributed by atoms with Crippen LogP contribution in [0.25, 0.3) is 11.2 Å². The van der Waals surface area contributed by atoms with Gasteiger partial charge in [0.05, 0.1) is 5.02 Å². The first kappa shape index (κ1) is 14.1. The number of carbonyl (C=O) groups excluding carboxylic acids is 1. The highest BCUT2D eigenvalue weighted by Gasteiger charge is 2.17. The summed E-state index contributed by atoms with van der Waals surface area (Å²) in [5, 5.41) is 0.525. The number of aryl methyl sites for hydroxylation is 1. The molecule has 0 atom stereocenters. The molecule has 2 N–H and O–H groups in total. The van der Waals surface area contributed by atoms with E-state index in [9.17, 15) is 4.79 Å². The topological polar surface area (TPSA) is 77.0 Å². The molecule has 0 radical (unpaired) electrons. The second-order valence-electron chi connectivity index (χ2n) is 5.31. The van der Waals surface area contributed by atoms with Crippen molar-refractivity contribution in [2.75, 3.05) is 18.8 Å². The van der Waals surface area contributed by atoms with Crippen LogP contribution in [0.1, 0.15) is 25.7 Å². The molecule has 0 aromatic carbocycles. The van der Waals surface area contributed by atoms with Gasteiger partial charge < -0.3 is 10.6 Å². The van der Waals surface area contributed by atoms with Crippen LogP contribution in [0.5, 0.6) is 0 Å². The number of fused-ring (bicyclic) bond motifs is 1. The van der Waals surface area contributed by atoms with Gasteiger partial charge in [-0.2, -0.15) is 0 Å². The van der Waals surface area contributed by atoms with Gasteiger partial charge in [0.25, 0.3) is 0 Å². The summed E-state index contributed by atoms with van der Waals surface area (Å²) in [6.45, 7) is 2.23. The Balaban J connectivity index is 1.72. The van der Waals surface area contributed by atoms with Crippen LogP contribution >= 0.6 is 11.6 Å². The zero-order chi connectivity index (χ0) is 14.8. The molecule has 0 unspecified atom stereocenters. The zero-order valence-corrected chi connectivity index (χ0v) is 12.5. The number of pyridine rings is 1. The first-order valence-electron chi connectivity index (χ1n) is 7.20. The van der Waals surface area contributed by atoms with E-state index in [2.05, 4.69) is 9.97 Å². The number of imidazole rings is 1. The maximum absolute atomic E-state index is 12.2. The Bertz CT molecular complexity index is 663. The van der Waals surface area contributed by atoms with E-state index in [0.29, 0.717) is 35.1 Å². The molecule has 7 heteroatoms. The molecule has 2 aromatic heterocycles. The van der Waals surface area contributed by atoms with Gasteiger partial charge in [0.1, 0.15) is 5.52 Å². The molecule has 1 amide bonds. The van der Waals surface area contributed by atoms with Gasteiger partial charge in [0, 0.05) is 32.3 Å². The van der Waals surface area contributed by atoms with Gasteiger partial charge in [0.15, 0.2) is 5.65 Å². The van der Waals surface area contributed by atoms with E-state index in [0.717, 1.165) is 25.9 Å². The second-order valence-corrected chi connectivity index (χ2v) is 5.75. The predicted molar refractivity (Wildman–Crippen MR) is 82.0 cm³/mol. The molecular formula is C14H18ClN5O. The number of amides is 1. The Morgan fingerprint density at radius 3 is 2.86 bits per heavy atom. The van der Waals surface area contributed by atoms with Gasteiger partial charge in [-0.15, -0.1) is 0 Å². The SMILES string of the molecule is Nc1nc2cc(Cl)cnc2n1CCC(=O)N1CCCCC1. The highest BCUT2D eigenvalue weighted by Crippen LogP contribution is 2.20. The van der Waals surface area contributed by atoms with Gasteiger partial charge in [-0.1, -0.05) is 11.6 Å². The fourth-order valence-corrected chi connectivity index (χ4v) is 2.89. The monoisotopic (exact) mass is 307 g/mol. The number of halogens is 1. The molecule has 1 saturated heterocycles. The molecule has 0 spiro atoms. The Labute approximate surface area is 127 Å². The molecule has 112 valence electrons. The molecule has 21 heavy (non-hydrogen) atoms. The van der Waals surface area contributed by atoms with E-state index >= 15 is 0 Å². The molecule has 6 nitrogen and oxygen atoms in total. The number of likely N-dealkylation sites (tertiary alicyclic amines) is 1. The van der Waals surface area contributed by atoms with Crippen LogP contribution in [0.15, 0.2) is 12.3 Å². The lowest BCUT2D eigenvalue weighted by Crippen LogP contribution is -2.36. The van der Waals surface area contributed by atoms with Crippen molar-refractivity contribution in [1.82, 2.24) is 19.4 Å². The van der Waals surface area contributed by atoms with Crippen LogP contribution < -0.4 is 5.73 Å². The van der Waals surface area contributed by atoms with Crippen molar-refractivity contribution in [3.05, 3.63) is 17.3 Å². The number of aromatic nitrogens is 3. The molecule has 3 rings (SSSR count). The quantitative estimate of drug-likeness (QED) is 0.941. The van der Waals surface area contributed by atoms with Crippen LogP contribution in [0.3, 0.4) is 0 Å². The van der Waals surface area contributed by atoms with Crippen LogP contribution in [0.4, 0.5) is 5.95 Å². The van der Waals surface area contributed by atoms with Crippen molar-refractivity contribution in [3.8, 4) is 0 Å². The number of nitrogen functional groups attached to an aromatic ring is 1. The number of carbonyl (C=O) groups is 1. The van der Waals surface area contributed by atoms with Crippen molar-refractivity contribution in [2.45, 2.75) is 32.2 Å². The largest absolute Gasteiger partial charge is 0.369 e. The van der Waals surface area contributed by atoms with Crippen molar-refractivity contribution in [2.24, 2.45) is 0 Å². The summed E-state index contributed by atoms with van der Waals surface area (Å²) >= 11 is 5.90. The molecule has 3 heterocycles. The molecule has 0 saturated carbocycles. The van der Waals surface area contributed by atoms with Crippen LogP contribution in [-0.4, -0.2) is 38.4 Å². The minimum Gasteiger partial charge on any atom is -0.369 e. The Morgan fingerprint density at radius 1 is 1.33 bits per heavy atom. The summed E-state index contributed by atoms with van der Waals surface area (Å²) in [4.78, 5) is 22.6. The summed E-state index contributed by atoms with van der Waals surface area (Å²) in [7, 11) is 0. The summed E-state index contributed by atoms with van der Waals surface area (Å²) < 4.78 is 1.77. The summed E-state index contributed by atoms with van der Waals surface area (Å²) in [5.74, 6) is 0.538. The van der Waals surface area contributed by atoms with Gasteiger partial charge in [0.2, 0.25) is 11.9 Å². The van der Waals surface area contributed by atoms with Crippen molar-refractivity contribution >= 4 is 34.6 Å². The normalized spacial score (nSPS) is 15.6. The van der Waals surface area contributed by atoms with E-state index in [4.69, 9.17) is 17.3 Å². The number of nitrogens with zero attached hydrogens (tertiary/aromatic N) is 4. The maximum atomic E-state index is 12.2. The number of hydrogen-bond acceptors (Lipinski definition) is 4. The maximum Gasteiger partial charge on any atom is 0.224 e. The third-order valence-corrected chi connectivity index (χ3v) is 4.05. The third-order valence-electron chi connectivity index (χ3n) is 3.84. The minimum absolute atomic E-state index is 0.171. The number of hydrogen-bond donors (Lipinski definition) is 1. The molecule has 1 aliphatic heterocycles. The Kier molecular flexibility index (Phi) is 3.96.